The summed E-state index contributed by atoms with van der Waals surface area (Å²) in [4.78, 5) is 53.3. The van der Waals surface area contributed by atoms with Crippen LogP contribution in [0.4, 0.5) is 5.00 Å². The summed E-state index contributed by atoms with van der Waals surface area (Å²) < 4.78 is 5.27. The summed E-state index contributed by atoms with van der Waals surface area (Å²) in [5.74, 6) is -1.25. The van der Waals surface area contributed by atoms with E-state index in [0.717, 1.165) is 29.7 Å². The Bertz CT molecular complexity index is 1420. The van der Waals surface area contributed by atoms with E-state index in [0.29, 0.717) is 22.0 Å². The number of esters is 1. The molecular formula is C27H22ClNO5S. The highest BCUT2D eigenvalue weighted by atomic mass is 35.5. The average Bonchev–Trinajstić information content (AvgIpc) is 3.19. The summed E-state index contributed by atoms with van der Waals surface area (Å²) in [5.41, 5.74) is 2.14. The van der Waals surface area contributed by atoms with E-state index in [9.17, 15) is 19.2 Å². The number of benzene rings is 2. The van der Waals surface area contributed by atoms with Gasteiger partial charge in [-0.05, 0) is 49.8 Å². The van der Waals surface area contributed by atoms with Crippen molar-refractivity contribution in [3.63, 3.8) is 0 Å². The van der Waals surface area contributed by atoms with Crippen molar-refractivity contribution in [1.29, 1.82) is 0 Å². The minimum absolute atomic E-state index is 0.0212. The van der Waals surface area contributed by atoms with Gasteiger partial charge in [0.15, 0.2) is 11.6 Å². The predicted octanol–water partition coefficient (Wildman–Crippen LogP) is 5.73. The molecule has 0 bridgehead atoms. The maximum Gasteiger partial charge on any atom is 0.341 e. The van der Waals surface area contributed by atoms with E-state index >= 15 is 0 Å². The smallest absolute Gasteiger partial charge is 0.341 e. The Morgan fingerprint density at radius 3 is 2.51 bits per heavy atom. The van der Waals surface area contributed by atoms with Crippen LogP contribution in [0.1, 0.15) is 83.3 Å². The fourth-order valence-corrected chi connectivity index (χ4v) is 6.48. The molecule has 2 aromatic carbocycles. The second-order valence-corrected chi connectivity index (χ2v) is 10.3. The summed E-state index contributed by atoms with van der Waals surface area (Å²) in [7, 11) is 0. The van der Waals surface area contributed by atoms with Crippen molar-refractivity contribution in [2.45, 2.75) is 33.1 Å². The first-order chi connectivity index (χ1) is 16.8. The molecule has 2 aliphatic rings. The van der Waals surface area contributed by atoms with Crippen LogP contribution < -0.4 is 5.32 Å². The van der Waals surface area contributed by atoms with Gasteiger partial charge in [0.2, 0.25) is 0 Å². The number of carbonyl (C=O) groups excluding carboxylic acids is 4. The molecule has 0 fully saturated rings. The van der Waals surface area contributed by atoms with Crippen LogP contribution in [0.15, 0.2) is 36.4 Å². The Balaban J connectivity index is 1.53. The standard InChI is InChI=1S/C27H22ClNO5S/c1-3-34-27(33)21-16-9-8-13(2)12-19(16)35-26(21)29-25(32)18-11-10-17-20(22(18)28)24(31)15-7-5-4-6-14(15)23(17)30/h4-7,10-11,13H,3,8-9,12H2,1-2H3,(H,29,32). The summed E-state index contributed by atoms with van der Waals surface area (Å²) in [6.07, 6.45) is 2.53. The normalized spacial score (nSPS) is 16.3. The molecule has 5 rings (SSSR count). The van der Waals surface area contributed by atoms with E-state index in [-0.39, 0.29) is 39.7 Å². The van der Waals surface area contributed by atoms with Crippen LogP contribution in [0.2, 0.25) is 5.02 Å². The molecule has 0 aliphatic heterocycles. The first-order valence-electron chi connectivity index (χ1n) is 11.5. The van der Waals surface area contributed by atoms with E-state index in [1.807, 2.05) is 0 Å². The van der Waals surface area contributed by atoms with Crippen LogP contribution in [0, 0.1) is 5.92 Å². The van der Waals surface area contributed by atoms with Crippen molar-refractivity contribution in [2.24, 2.45) is 5.92 Å². The lowest BCUT2D eigenvalue weighted by Gasteiger charge is -2.19. The molecule has 0 spiro atoms. The maximum absolute atomic E-state index is 13.3. The predicted molar refractivity (Wildman–Crippen MR) is 134 cm³/mol. The number of fused-ring (bicyclic) bond motifs is 3. The van der Waals surface area contributed by atoms with Gasteiger partial charge in [-0.15, -0.1) is 11.3 Å². The molecule has 0 radical (unpaired) electrons. The van der Waals surface area contributed by atoms with Crippen molar-refractivity contribution in [2.75, 3.05) is 11.9 Å². The highest BCUT2D eigenvalue weighted by molar-refractivity contribution is 7.17. The number of ketones is 2. The molecule has 1 heterocycles. The Kier molecular flexibility index (Phi) is 6.07. The number of hydrogen-bond acceptors (Lipinski definition) is 6. The molecular weight excluding hydrogens is 486 g/mol. The SMILES string of the molecule is CCOC(=O)c1c(NC(=O)c2ccc3c(c2Cl)C(=O)c2ccccc2C3=O)sc2c1CCC(C)C2. The first kappa shape index (κ1) is 23.5. The second-order valence-electron chi connectivity index (χ2n) is 8.78. The van der Waals surface area contributed by atoms with Crippen LogP contribution in [-0.2, 0) is 17.6 Å². The molecule has 35 heavy (non-hydrogen) atoms. The third-order valence-corrected chi connectivity index (χ3v) is 8.06. The molecule has 0 saturated carbocycles. The monoisotopic (exact) mass is 507 g/mol. The number of ether oxygens (including phenoxy) is 1. The highest BCUT2D eigenvalue weighted by Crippen LogP contribution is 2.41. The number of rotatable bonds is 4. The molecule has 1 amide bonds. The topological polar surface area (TPSA) is 89.5 Å². The van der Waals surface area contributed by atoms with E-state index < -0.39 is 17.7 Å². The fraction of sp³-hybridized carbons (Fsp3) is 0.259. The Hall–Kier alpha value is -3.29. The zero-order chi connectivity index (χ0) is 24.9. The van der Waals surface area contributed by atoms with Crippen LogP contribution in [0.3, 0.4) is 0 Å². The molecule has 1 N–H and O–H groups in total. The number of amides is 1. The molecule has 6 nitrogen and oxygen atoms in total. The van der Waals surface area contributed by atoms with Gasteiger partial charge >= 0.3 is 5.97 Å². The van der Waals surface area contributed by atoms with Gasteiger partial charge in [-0.3, -0.25) is 14.4 Å². The minimum Gasteiger partial charge on any atom is -0.462 e. The van der Waals surface area contributed by atoms with E-state index in [1.165, 1.54) is 23.5 Å². The summed E-state index contributed by atoms with van der Waals surface area (Å²) >= 11 is 7.94. The van der Waals surface area contributed by atoms with E-state index in [4.69, 9.17) is 16.3 Å². The molecule has 1 unspecified atom stereocenters. The van der Waals surface area contributed by atoms with Crippen LogP contribution in [0.5, 0.6) is 0 Å². The molecule has 0 saturated heterocycles. The van der Waals surface area contributed by atoms with Gasteiger partial charge in [0.05, 0.1) is 28.3 Å². The van der Waals surface area contributed by atoms with Crippen molar-refractivity contribution in [3.8, 4) is 0 Å². The lowest BCUT2D eigenvalue weighted by atomic mass is 9.83. The minimum atomic E-state index is -0.561. The van der Waals surface area contributed by atoms with Crippen molar-refractivity contribution in [3.05, 3.63) is 85.2 Å². The summed E-state index contributed by atoms with van der Waals surface area (Å²) in [6.45, 7) is 4.12. The Morgan fingerprint density at radius 2 is 1.80 bits per heavy atom. The Morgan fingerprint density at radius 1 is 1.09 bits per heavy atom. The zero-order valence-corrected chi connectivity index (χ0v) is 20.8. The highest BCUT2D eigenvalue weighted by Gasteiger charge is 2.34. The van der Waals surface area contributed by atoms with Crippen molar-refractivity contribution in [1.82, 2.24) is 0 Å². The van der Waals surface area contributed by atoms with Gasteiger partial charge in [-0.1, -0.05) is 42.8 Å². The van der Waals surface area contributed by atoms with Crippen LogP contribution in [0.25, 0.3) is 0 Å². The molecule has 8 heteroatoms. The second kappa shape index (κ2) is 9.06. The third kappa shape index (κ3) is 3.89. The molecule has 1 aromatic heterocycles. The first-order valence-corrected chi connectivity index (χ1v) is 12.6. The van der Waals surface area contributed by atoms with E-state index in [2.05, 4.69) is 12.2 Å². The third-order valence-electron chi connectivity index (χ3n) is 6.49. The van der Waals surface area contributed by atoms with Gasteiger partial charge < -0.3 is 10.1 Å². The lowest BCUT2D eigenvalue weighted by Crippen LogP contribution is -2.23. The zero-order valence-electron chi connectivity index (χ0n) is 19.2. The number of anilines is 1. The largest absolute Gasteiger partial charge is 0.462 e. The molecule has 2 aliphatic carbocycles. The van der Waals surface area contributed by atoms with Crippen molar-refractivity contribution < 1.29 is 23.9 Å². The number of halogens is 1. The maximum atomic E-state index is 13.3. The number of carbonyl (C=O) groups is 4. The van der Waals surface area contributed by atoms with Crippen LogP contribution >= 0.6 is 22.9 Å². The Labute approximate surface area is 211 Å². The van der Waals surface area contributed by atoms with Gasteiger partial charge in [0, 0.05) is 21.6 Å². The van der Waals surface area contributed by atoms with Gasteiger partial charge in [-0.2, -0.15) is 0 Å². The quantitative estimate of drug-likeness (QED) is 0.356. The average molecular weight is 508 g/mol. The summed E-state index contributed by atoms with van der Waals surface area (Å²) in [5, 5.41) is 3.16. The molecule has 1 atom stereocenters. The summed E-state index contributed by atoms with van der Waals surface area (Å²) in [6, 6.07) is 9.44. The number of thiophene rings is 1. The fourth-order valence-electron chi connectivity index (χ4n) is 4.75. The van der Waals surface area contributed by atoms with E-state index in [1.54, 1.807) is 31.2 Å². The van der Waals surface area contributed by atoms with Gasteiger partial charge in [0.25, 0.3) is 5.91 Å². The van der Waals surface area contributed by atoms with Crippen LogP contribution in [-0.4, -0.2) is 30.0 Å². The molecule has 178 valence electrons. The van der Waals surface area contributed by atoms with Gasteiger partial charge in [-0.25, -0.2) is 4.79 Å². The lowest BCUT2D eigenvalue weighted by molar-refractivity contribution is 0.0526. The number of nitrogens with one attached hydrogen (secondary N) is 1. The number of hydrogen-bond donors (Lipinski definition) is 1. The van der Waals surface area contributed by atoms with Crippen molar-refractivity contribution >= 4 is 51.4 Å². The van der Waals surface area contributed by atoms with Gasteiger partial charge in [0.1, 0.15) is 5.00 Å². The molecule has 3 aromatic rings.